The van der Waals surface area contributed by atoms with Crippen LogP contribution in [0.2, 0.25) is 0 Å². The van der Waals surface area contributed by atoms with Gasteiger partial charge in [-0.2, -0.15) is 18.2 Å². The van der Waals surface area contributed by atoms with Crippen LogP contribution in [-0.4, -0.2) is 34.2 Å². The number of aldehydes is 1. The van der Waals surface area contributed by atoms with Gasteiger partial charge in [0.2, 0.25) is 11.9 Å². The lowest BCUT2D eigenvalue weighted by Gasteiger charge is -2.24. The van der Waals surface area contributed by atoms with Gasteiger partial charge in [0, 0.05) is 29.5 Å². The number of alkyl halides is 3. The van der Waals surface area contributed by atoms with Gasteiger partial charge < -0.3 is 16.0 Å². The molecule has 166 valence electrons. The number of aromatic nitrogens is 2. The van der Waals surface area contributed by atoms with Crippen molar-refractivity contribution in [2.24, 2.45) is 5.92 Å². The van der Waals surface area contributed by atoms with Gasteiger partial charge in [-0.3, -0.25) is 9.59 Å². The maximum atomic E-state index is 13.5. The van der Waals surface area contributed by atoms with Gasteiger partial charge in [-0.05, 0) is 51.0 Å². The predicted octanol–water partition coefficient (Wildman–Crippen LogP) is 4.16. The number of hydrogen-bond acceptors (Lipinski definition) is 6. The smallest absolute Gasteiger partial charge is 0.366 e. The third-order valence-electron chi connectivity index (χ3n) is 5.00. The van der Waals surface area contributed by atoms with E-state index in [1.54, 1.807) is 24.3 Å². The van der Waals surface area contributed by atoms with Crippen LogP contribution >= 0.6 is 0 Å². The molecule has 0 radical (unpaired) electrons. The first-order valence-electron chi connectivity index (χ1n) is 10.0. The summed E-state index contributed by atoms with van der Waals surface area (Å²) in [6, 6.07) is 5.81. The van der Waals surface area contributed by atoms with Gasteiger partial charge in [0.1, 0.15) is 17.7 Å². The van der Waals surface area contributed by atoms with Crippen molar-refractivity contribution in [3.8, 4) is 0 Å². The van der Waals surface area contributed by atoms with E-state index in [0.29, 0.717) is 30.4 Å². The van der Waals surface area contributed by atoms with Crippen molar-refractivity contribution in [2.75, 3.05) is 10.6 Å². The maximum absolute atomic E-state index is 13.5. The molecule has 0 saturated heterocycles. The molecule has 1 aliphatic carbocycles. The van der Waals surface area contributed by atoms with Crippen molar-refractivity contribution >= 4 is 29.6 Å². The number of carbonyl (C=O) groups is 2. The Hall–Kier alpha value is -3.17. The van der Waals surface area contributed by atoms with Crippen LogP contribution in [0.3, 0.4) is 0 Å². The van der Waals surface area contributed by atoms with Crippen molar-refractivity contribution in [1.29, 1.82) is 0 Å². The highest BCUT2D eigenvalue weighted by atomic mass is 19.4. The molecule has 1 saturated carbocycles. The highest BCUT2D eigenvalue weighted by Gasteiger charge is 2.38. The largest absolute Gasteiger partial charge is 0.421 e. The second-order valence-corrected chi connectivity index (χ2v) is 7.77. The minimum atomic E-state index is -4.65. The topological polar surface area (TPSA) is 96.0 Å². The lowest BCUT2D eigenvalue weighted by Crippen LogP contribution is -2.41. The van der Waals surface area contributed by atoms with E-state index in [-0.39, 0.29) is 23.7 Å². The number of nitrogens with one attached hydrogen (secondary N) is 3. The molecule has 3 rings (SSSR count). The standard InChI is InChI=1S/C21H24F3N5O2/c1-12(2)26-19(31)15-4-3-5-17(15)28-18-16(21(22,23)24)10-25-20(29-18)27-14-8-6-13(11-30)7-9-14/h6-12,15,17H,3-5H2,1-2H3,(H,26,31)(H2,25,27,28,29)/t15-,17+/m0/s1. The number of carbonyl (C=O) groups excluding carboxylic acids is 2. The third kappa shape index (κ3) is 5.71. The van der Waals surface area contributed by atoms with E-state index in [1.807, 2.05) is 13.8 Å². The number of hydrogen-bond donors (Lipinski definition) is 3. The van der Waals surface area contributed by atoms with Crippen molar-refractivity contribution < 1.29 is 22.8 Å². The van der Waals surface area contributed by atoms with E-state index >= 15 is 0 Å². The van der Waals surface area contributed by atoms with Gasteiger partial charge >= 0.3 is 6.18 Å². The second kappa shape index (κ2) is 9.32. The number of halogens is 3. The molecule has 0 aliphatic heterocycles. The summed E-state index contributed by atoms with van der Waals surface area (Å²) in [5, 5.41) is 8.51. The zero-order chi connectivity index (χ0) is 22.6. The molecule has 10 heteroatoms. The van der Waals surface area contributed by atoms with E-state index in [4.69, 9.17) is 0 Å². The van der Waals surface area contributed by atoms with Crippen LogP contribution in [0.25, 0.3) is 0 Å². The molecule has 2 atom stereocenters. The Morgan fingerprint density at radius 2 is 1.90 bits per heavy atom. The van der Waals surface area contributed by atoms with Crippen LogP contribution in [0.4, 0.5) is 30.6 Å². The van der Waals surface area contributed by atoms with Crippen molar-refractivity contribution in [3.63, 3.8) is 0 Å². The van der Waals surface area contributed by atoms with Gasteiger partial charge in [-0.1, -0.05) is 6.42 Å². The lowest BCUT2D eigenvalue weighted by molar-refractivity contribution is -0.137. The monoisotopic (exact) mass is 435 g/mol. The summed E-state index contributed by atoms with van der Waals surface area (Å²) >= 11 is 0. The summed E-state index contributed by atoms with van der Waals surface area (Å²) in [6.45, 7) is 3.67. The minimum absolute atomic E-state index is 0.0319. The summed E-state index contributed by atoms with van der Waals surface area (Å²) in [5.74, 6) is -1.02. The molecule has 2 aromatic rings. The molecule has 0 bridgehead atoms. The molecule has 0 spiro atoms. The molecule has 31 heavy (non-hydrogen) atoms. The summed E-state index contributed by atoms with van der Waals surface area (Å²) in [4.78, 5) is 31.0. The molecule has 1 aromatic carbocycles. The number of benzene rings is 1. The van der Waals surface area contributed by atoms with Crippen molar-refractivity contribution in [3.05, 3.63) is 41.6 Å². The summed E-state index contributed by atoms with van der Waals surface area (Å²) in [5.41, 5.74) is -0.0103. The van der Waals surface area contributed by atoms with Crippen LogP contribution < -0.4 is 16.0 Å². The Morgan fingerprint density at radius 1 is 1.19 bits per heavy atom. The quantitative estimate of drug-likeness (QED) is 0.566. The first kappa shape index (κ1) is 22.5. The van der Waals surface area contributed by atoms with Gasteiger partial charge in [-0.25, -0.2) is 4.98 Å². The number of nitrogens with zero attached hydrogens (tertiary/aromatic N) is 2. The minimum Gasteiger partial charge on any atom is -0.366 e. The number of amides is 1. The summed E-state index contributed by atoms with van der Waals surface area (Å²) < 4.78 is 40.6. The Kier molecular flexibility index (Phi) is 6.77. The van der Waals surface area contributed by atoms with Gasteiger partial charge in [0.25, 0.3) is 0 Å². The normalized spacial score (nSPS) is 18.6. The predicted molar refractivity (Wildman–Crippen MR) is 110 cm³/mol. The van der Waals surface area contributed by atoms with Crippen molar-refractivity contribution in [2.45, 2.75) is 51.4 Å². The molecule has 3 N–H and O–H groups in total. The first-order chi connectivity index (χ1) is 14.7. The van der Waals surface area contributed by atoms with Gasteiger partial charge in [0.05, 0.1) is 5.92 Å². The summed E-state index contributed by atoms with van der Waals surface area (Å²) in [6.07, 6.45) is -1.36. The number of rotatable bonds is 7. The molecule has 1 aliphatic rings. The Morgan fingerprint density at radius 3 is 2.52 bits per heavy atom. The molecule has 1 heterocycles. The average molecular weight is 435 g/mol. The highest BCUT2D eigenvalue weighted by Crippen LogP contribution is 2.36. The van der Waals surface area contributed by atoms with Crippen LogP contribution in [0.5, 0.6) is 0 Å². The SMILES string of the molecule is CC(C)NC(=O)[C@H]1CCC[C@H]1Nc1nc(Nc2ccc(C=O)cc2)ncc1C(F)(F)F. The van der Waals surface area contributed by atoms with Crippen LogP contribution in [0.1, 0.15) is 49.0 Å². The van der Waals surface area contributed by atoms with Gasteiger partial charge in [0.15, 0.2) is 0 Å². The zero-order valence-corrected chi connectivity index (χ0v) is 17.2. The Labute approximate surface area is 177 Å². The lowest BCUT2D eigenvalue weighted by atomic mass is 10.0. The van der Waals surface area contributed by atoms with Crippen LogP contribution in [0.15, 0.2) is 30.5 Å². The fourth-order valence-corrected chi connectivity index (χ4v) is 3.55. The molecular weight excluding hydrogens is 411 g/mol. The molecule has 0 unspecified atom stereocenters. The molecule has 1 aromatic heterocycles. The molecular formula is C21H24F3N5O2. The van der Waals surface area contributed by atoms with Gasteiger partial charge in [-0.15, -0.1) is 0 Å². The second-order valence-electron chi connectivity index (χ2n) is 7.77. The van der Waals surface area contributed by atoms with Crippen LogP contribution in [0, 0.1) is 5.92 Å². The number of anilines is 3. The fourth-order valence-electron chi connectivity index (χ4n) is 3.55. The van der Waals surface area contributed by atoms with E-state index in [1.165, 1.54) is 0 Å². The summed E-state index contributed by atoms with van der Waals surface area (Å²) in [7, 11) is 0. The average Bonchev–Trinajstić information content (AvgIpc) is 3.15. The fraction of sp³-hybridized carbons (Fsp3) is 0.429. The zero-order valence-electron chi connectivity index (χ0n) is 17.2. The van der Waals surface area contributed by atoms with E-state index in [9.17, 15) is 22.8 Å². The first-order valence-corrected chi connectivity index (χ1v) is 10.0. The maximum Gasteiger partial charge on any atom is 0.421 e. The van der Waals surface area contributed by atoms with E-state index < -0.39 is 23.7 Å². The highest BCUT2D eigenvalue weighted by molar-refractivity contribution is 5.80. The Balaban J connectivity index is 1.85. The van der Waals surface area contributed by atoms with Crippen LogP contribution in [-0.2, 0) is 11.0 Å². The molecule has 7 nitrogen and oxygen atoms in total. The third-order valence-corrected chi connectivity index (χ3v) is 5.00. The van der Waals surface area contributed by atoms with Crippen molar-refractivity contribution in [1.82, 2.24) is 15.3 Å². The Bertz CT molecular complexity index is 932. The van der Waals surface area contributed by atoms with E-state index in [2.05, 4.69) is 25.9 Å². The molecule has 1 amide bonds. The molecule has 1 fully saturated rings. The van der Waals surface area contributed by atoms with E-state index in [0.717, 1.165) is 12.6 Å².